The Kier molecular flexibility index (Phi) is 5.22. The first-order valence-corrected chi connectivity index (χ1v) is 12.3. The molecule has 0 fully saturated rings. The summed E-state index contributed by atoms with van der Waals surface area (Å²) in [6.07, 6.45) is 1.65. The maximum absolute atomic E-state index is 14.2. The average molecular weight is 378 g/mol. The van der Waals surface area contributed by atoms with Crippen LogP contribution in [-0.4, -0.2) is 29.4 Å². The minimum Gasteiger partial charge on any atom is -0.360 e. The Hall–Kier alpha value is -1.76. The van der Waals surface area contributed by atoms with E-state index in [4.69, 9.17) is 16.3 Å². The predicted octanol–water partition coefficient (Wildman–Crippen LogP) is 5.20. The van der Waals surface area contributed by atoms with Crippen LogP contribution in [0.1, 0.15) is 0 Å². The van der Waals surface area contributed by atoms with Gasteiger partial charge < -0.3 is 4.74 Å². The van der Waals surface area contributed by atoms with Crippen LogP contribution in [0.3, 0.4) is 0 Å². The van der Waals surface area contributed by atoms with Gasteiger partial charge in [0.1, 0.15) is 23.4 Å². The maximum Gasteiger partial charge on any atom is 0.140 e. The molecule has 0 saturated carbocycles. The van der Waals surface area contributed by atoms with E-state index >= 15 is 0 Å². The number of rotatable bonds is 6. The Morgan fingerprint density at radius 1 is 1.24 bits per heavy atom. The third kappa shape index (κ3) is 4.26. The smallest absolute Gasteiger partial charge is 0.140 e. The van der Waals surface area contributed by atoms with Crippen LogP contribution in [0.2, 0.25) is 30.8 Å². The summed E-state index contributed by atoms with van der Waals surface area (Å²) in [5, 5.41) is 5.67. The maximum atomic E-state index is 14.2. The molecule has 0 radical (unpaired) electrons. The van der Waals surface area contributed by atoms with Gasteiger partial charge in [-0.2, -0.15) is 5.10 Å². The normalized spacial score (nSPS) is 12.0. The first kappa shape index (κ1) is 18.0. The van der Waals surface area contributed by atoms with Crippen LogP contribution in [0.15, 0.2) is 36.5 Å². The van der Waals surface area contributed by atoms with E-state index in [1.807, 2.05) is 0 Å². The highest BCUT2D eigenvalue weighted by Gasteiger charge is 2.17. The zero-order valence-electron chi connectivity index (χ0n) is 14.6. The van der Waals surface area contributed by atoms with Gasteiger partial charge in [0.25, 0.3) is 0 Å². The molecule has 3 aromatic rings. The summed E-state index contributed by atoms with van der Waals surface area (Å²) in [4.78, 5) is 4.13. The molecule has 0 N–H and O–H groups in total. The van der Waals surface area contributed by atoms with Crippen LogP contribution >= 0.6 is 11.6 Å². The number of hydrogen-bond donors (Lipinski definition) is 0. The Balaban J connectivity index is 1.93. The Bertz CT molecular complexity index is 892. The molecule has 0 spiro atoms. The zero-order valence-corrected chi connectivity index (χ0v) is 16.3. The van der Waals surface area contributed by atoms with Gasteiger partial charge in [0.2, 0.25) is 0 Å². The SMILES string of the molecule is C[Si](C)(C)CCOCn1nc(-c2ccccc2F)c2cc(Cl)ncc21. The lowest BCUT2D eigenvalue weighted by atomic mass is 10.1. The highest BCUT2D eigenvalue weighted by Crippen LogP contribution is 2.30. The minimum atomic E-state index is -1.15. The molecule has 7 heteroatoms. The predicted molar refractivity (Wildman–Crippen MR) is 102 cm³/mol. The van der Waals surface area contributed by atoms with E-state index in [2.05, 4.69) is 29.7 Å². The first-order valence-electron chi connectivity index (χ1n) is 8.20. The topological polar surface area (TPSA) is 39.9 Å². The van der Waals surface area contributed by atoms with Gasteiger partial charge in [-0.15, -0.1) is 0 Å². The van der Waals surface area contributed by atoms with Gasteiger partial charge in [0.05, 0.1) is 11.7 Å². The largest absolute Gasteiger partial charge is 0.360 e. The summed E-state index contributed by atoms with van der Waals surface area (Å²) < 4.78 is 21.7. The molecule has 4 nitrogen and oxygen atoms in total. The molecule has 0 atom stereocenters. The quantitative estimate of drug-likeness (QED) is 0.336. The number of ether oxygens (including phenoxy) is 1. The zero-order chi connectivity index (χ0) is 18.0. The highest BCUT2D eigenvalue weighted by molar-refractivity contribution is 6.76. The fraction of sp³-hybridized carbons (Fsp3) is 0.333. The number of pyridine rings is 1. The van der Waals surface area contributed by atoms with Gasteiger partial charge in [-0.3, -0.25) is 0 Å². The number of benzene rings is 1. The van der Waals surface area contributed by atoms with Crippen molar-refractivity contribution >= 4 is 30.6 Å². The molecule has 132 valence electrons. The molecule has 0 amide bonds. The fourth-order valence-electron chi connectivity index (χ4n) is 2.53. The summed E-state index contributed by atoms with van der Waals surface area (Å²) in [5.74, 6) is -0.318. The van der Waals surface area contributed by atoms with Gasteiger partial charge in [-0.1, -0.05) is 43.4 Å². The van der Waals surface area contributed by atoms with Crippen molar-refractivity contribution < 1.29 is 9.13 Å². The van der Waals surface area contributed by atoms with Crippen LogP contribution < -0.4 is 0 Å². The second kappa shape index (κ2) is 7.23. The van der Waals surface area contributed by atoms with Crippen molar-refractivity contribution in [1.29, 1.82) is 0 Å². The van der Waals surface area contributed by atoms with Gasteiger partial charge in [-0.05, 0) is 24.2 Å². The Labute approximate surface area is 152 Å². The van der Waals surface area contributed by atoms with Crippen molar-refractivity contribution in [3.63, 3.8) is 0 Å². The summed E-state index contributed by atoms with van der Waals surface area (Å²) in [5.41, 5.74) is 1.76. The van der Waals surface area contributed by atoms with Crippen LogP contribution in [0.5, 0.6) is 0 Å². The molecule has 3 rings (SSSR count). The van der Waals surface area contributed by atoms with Gasteiger partial charge >= 0.3 is 0 Å². The first-order chi connectivity index (χ1) is 11.8. The summed E-state index contributed by atoms with van der Waals surface area (Å²) in [7, 11) is -1.15. The van der Waals surface area contributed by atoms with E-state index in [1.165, 1.54) is 6.07 Å². The molecule has 2 heterocycles. The van der Waals surface area contributed by atoms with E-state index in [-0.39, 0.29) is 5.82 Å². The molecule has 0 bridgehead atoms. The summed E-state index contributed by atoms with van der Waals surface area (Å²) >= 11 is 6.04. The molecule has 0 aliphatic heterocycles. The van der Waals surface area contributed by atoms with Crippen molar-refractivity contribution in [3.8, 4) is 11.3 Å². The molecule has 0 aliphatic carbocycles. The summed E-state index contributed by atoms with van der Waals surface area (Å²) in [6, 6.07) is 9.37. The standard InChI is InChI=1S/C18H21ClFN3OSi/c1-25(2,3)9-8-24-12-23-16-11-21-17(19)10-14(16)18(22-23)13-6-4-5-7-15(13)20/h4-7,10-11H,8-9,12H2,1-3H3. The minimum absolute atomic E-state index is 0.304. The van der Waals surface area contributed by atoms with E-state index in [1.54, 1.807) is 35.1 Å². The molecular weight excluding hydrogens is 357 g/mol. The van der Waals surface area contributed by atoms with Crippen LogP contribution in [-0.2, 0) is 11.5 Å². The lowest BCUT2D eigenvalue weighted by Crippen LogP contribution is -2.22. The number of aromatic nitrogens is 3. The van der Waals surface area contributed by atoms with Crippen molar-refractivity contribution in [2.45, 2.75) is 32.4 Å². The number of hydrogen-bond acceptors (Lipinski definition) is 3. The summed E-state index contributed by atoms with van der Waals surface area (Å²) in [6.45, 7) is 7.91. The second-order valence-corrected chi connectivity index (χ2v) is 13.2. The lowest BCUT2D eigenvalue weighted by molar-refractivity contribution is 0.0818. The van der Waals surface area contributed by atoms with Crippen molar-refractivity contribution in [2.75, 3.05) is 6.61 Å². The van der Waals surface area contributed by atoms with Crippen LogP contribution in [0.25, 0.3) is 22.2 Å². The lowest BCUT2D eigenvalue weighted by Gasteiger charge is -2.15. The molecule has 25 heavy (non-hydrogen) atoms. The number of halogens is 2. The third-order valence-electron chi connectivity index (χ3n) is 3.94. The molecule has 0 unspecified atom stereocenters. The van der Waals surface area contributed by atoms with Crippen molar-refractivity contribution in [2.24, 2.45) is 0 Å². The molecule has 0 aliphatic rings. The van der Waals surface area contributed by atoms with E-state index < -0.39 is 8.07 Å². The third-order valence-corrected chi connectivity index (χ3v) is 5.85. The molecule has 0 saturated heterocycles. The monoisotopic (exact) mass is 377 g/mol. The van der Waals surface area contributed by atoms with Gasteiger partial charge in [0, 0.05) is 25.6 Å². The Morgan fingerprint density at radius 2 is 2.00 bits per heavy atom. The number of fused-ring (bicyclic) bond motifs is 1. The van der Waals surface area contributed by atoms with Crippen molar-refractivity contribution in [1.82, 2.24) is 14.8 Å². The molecule has 1 aromatic carbocycles. The van der Waals surface area contributed by atoms with E-state index in [0.29, 0.717) is 29.7 Å². The Morgan fingerprint density at radius 3 is 2.72 bits per heavy atom. The van der Waals surface area contributed by atoms with Gasteiger partial charge in [-0.25, -0.2) is 14.1 Å². The average Bonchev–Trinajstić information content (AvgIpc) is 2.89. The van der Waals surface area contributed by atoms with Crippen LogP contribution in [0, 0.1) is 5.82 Å². The fourth-order valence-corrected chi connectivity index (χ4v) is 3.44. The second-order valence-electron chi connectivity index (χ2n) is 7.20. The highest BCUT2D eigenvalue weighted by atomic mass is 35.5. The van der Waals surface area contributed by atoms with Gasteiger partial charge in [0.15, 0.2) is 0 Å². The molecule has 2 aromatic heterocycles. The molecular formula is C18H21ClFN3OSi. The van der Waals surface area contributed by atoms with E-state index in [0.717, 1.165) is 16.9 Å². The van der Waals surface area contributed by atoms with Crippen LogP contribution in [0.4, 0.5) is 4.39 Å². The number of nitrogens with zero attached hydrogens (tertiary/aromatic N) is 3. The van der Waals surface area contributed by atoms with Crippen molar-refractivity contribution in [3.05, 3.63) is 47.5 Å². The van der Waals surface area contributed by atoms with E-state index in [9.17, 15) is 4.39 Å².